The first-order chi connectivity index (χ1) is 8.54. The van der Waals surface area contributed by atoms with Crippen LogP contribution in [0.25, 0.3) is 0 Å². The molecule has 0 fully saturated rings. The SMILES string of the molecule is Cc1cc(CNC2=NCC(CC(C)C)S2)sc1C. The molecule has 100 valence electrons. The van der Waals surface area contributed by atoms with Gasteiger partial charge in [-0.15, -0.1) is 11.3 Å². The summed E-state index contributed by atoms with van der Waals surface area (Å²) in [6.07, 6.45) is 1.26. The summed E-state index contributed by atoms with van der Waals surface area (Å²) < 4.78 is 0. The number of nitrogens with one attached hydrogen (secondary N) is 1. The Morgan fingerprint density at radius 2 is 2.22 bits per heavy atom. The van der Waals surface area contributed by atoms with E-state index in [1.54, 1.807) is 0 Å². The van der Waals surface area contributed by atoms with Crippen LogP contribution in [-0.2, 0) is 6.54 Å². The molecule has 0 aromatic carbocycles. The van der Waals surface area contributed by atoms with E-state index in [9.17, 15) is 0 Å². The van der Waals surface area contributed by atoms with Crippen molar-refractivity contribution in [1.82, 2.24) is 5.32 Å². The van der Waals surface area contributed by atoms with E-state index in [-0.39, 0.29) is 0 Å². The van der Waals surface area contributed by atoms with E-state index < -0.39 is 0 Å². The maximum absolute atomic E-state index is 4.59. The predicted octanol–water partition coefficient (Wildman–Crippen LogP) is 3.97. The van der Waals surface area contributed by atoms with Gasteiger partial charge in [0.05, 0.1) is 13.1 Å². The summed E-state index contributed by atoms with van der Waals surface area (Å²) >= 11 is 3.80. The van der Waals surface area contributed by atoms with Crippen molar-refractivity contribution in [2.45, 2.75) is 45.9 Å². The first-order valence-corrected chi connectivity index (χ1v) is 8.25. The van der Waals surface area contributed by atoms with Crippen LogP contribution in [0.4, 0.5) is 0 Å². The Morgan fingerprint density at radius 3 is 2.83 bits per heavy atom. The monoisotopic (exact) mass is 282 g/mol. The molecular formula is C14H22N2S2. The Morgan fingerprint density at radius 1 is 1.44 bits per heavy atom. The number of hydrogen-bond acceptors (Lipinski definition) is 4. The molecule has 1 aliphatic heterocycles. The number of nitrogens with zero attached hydrogens (tertiary/aromatic N) is 1. The van der Waals surface area contributed by atoms with Crippen LogP contribution in [0, 0.1) is 19.8 Å². The molecule has 0 saturated carbocycles. The third-order valence-electron chi connectivity index (χ3n) is 3.08. The molecule has 0 bridgehead atoms. The van der Waals surface area contributed by atoms with Crippen LogP contribution in [-0.4, -0.2) is 17.0 Å². The van der Waals surface area contributed by atoms with E-state index in [0.29, 0.717) is 5.25 Å². The minimum Gasteiger partial charge on any atom is -0.360 e. The molecule has 18 heavy (non-hydrogen) atoms. The minimum atomic E-state index is 0.680. The van der Waals surface area contributed by atoms with E-state index in [1.807, 2.05) is 23.1 Å². The van der Waals surface area contributed by atoms with Crippen molar-refractivity contribution >= 4 is 28.3 Å². The highest BCUT2D eigenvalue weighted by molar-refractivity contribution is 8.14. The first kappa shape index (κ1) is 13.9. The van der Waals surface area contributed by atoms with Gasteiger partial charge in [0.1, 0.15) is 0 Å². The summed E-state index contributed by atoms with van der Waals surface area (Å²) in [5.41, 5.74) is 1.40. The first-order valence-electron chi connectivity index (χ1n) is 6.55. The average molecular weight is 282 g/mol. The van der Waals surface area contributed by atoms with Gasteiger partial charge in [0.15, 0.2) is 5.17 Å². The summed E-state index contributed by atoms with van der Waals surface area (Å²) in [5.74, 6) is 0.764. The van der Waals surface area contributed by atoms with Crippen LogP contribution in [0.2, 0.25) is 0 Å². The number of thioether (sulfide) groups is 1. The topological polar surface area (TPSA) is 24.4 Å². The lowest BCUT2D eigenvalue weighted by molar-refractivity contribution is 0.575. The molecule has 1 aromatic rings. The lowest BCUT2D eigenvalue weighted by Gasteiger charge is -2.10. The van der Waals surface area contributed by atoms with Gasteiger partial charge in [0.25, 0.3) is 0 Å². The summed E-state index contributed by atoms with van der Waals surface area (Å²) in [7, 11) is 0. The average Bonchev–Trinajstić information content (AvgIpc) is 2.84. The number of thiophene rings is 1. The van der Waals surface area contributed by atoms with Crippen LogP contribution in [0.3, 0.4) is 0 Å². The van der Waals surface area contributed by atoms with Gasteiger partial charge in [-0.2, -0.15) is 0 Å². The fourth-order valence-corrected chi connectivity index (χ4v) is 4.31. The van der Waals surface area contributed by atoms with Crippen LogP contribution in [0.1, 0.15) is 35.6 Å². The van der Waals surface area contributed by atoms with E-state index in [2.05, 4.69) is 44.1 Å². The van der Waals surface area contributed by atoms with Crippen molar-refractivity contribution in [2.24, 2.45) is 10.9 Å². The Balaban J connectivity index is 1.78. The molecule has 2 nitrogen and oxygen atoms in total. The molecule has 1 atom stereocenters. The zero-order valence-electron chi connectivity index (χ0n) is 11.6. The standard InChI is InChI=1S/C14H22N2S2/c1-9(2)5-12-7-15-14(18-12)16-8-13-6-10(3)11(4)17-13/h6,9,12H,5,7-8H2,1-4H3,(H,15,16). The van der Waals surface area contributed by atoms with Crippen LogP contribution >= 0.6 is 23.1 Å². The molecule has 0 aliphatic carbocycles. The number of aryl methyl sites for hydroxylation is 2. The number of amidine groups is 1. The van der Waals surface area contributed by atoms with E-state index in [0.717, 1.165) is 24.2 Å². The molecule has 4 heteroatoms. The van der Waals surface area contributed by atoms with Gasteiger partial charge in [0, 0.05) is 15.0 Å². The zero-order valence-corrected chi connectivity index (χ0v) is 13.3. The van der Waals surface area contributed by atoms with Gasteiger partial charge in [0.2, 0.25) is 0 Å². The maximum atomic E-state index is 4.59. The number of hydrogen-bond donors (Lipinski definition) is 1. The van der Waals surface area contributed by atoms with Crippen molar-refractivity contribution < 1.29 is 0 Å². The molecule has 1 aromatic heterocycles. The second-order valence-electron chi connectivity index (χ2n) is 5.32. The van der Waals surface area contributed by atoms with Gasteiger partial charge in [-0.25, -0.2) is 0 Å². The third kappa shape index (κ3) is 3.75. The third-order valence-corrected chi connectivity index (χ3v) is 5.41. The molecule has 1 aliphatic rings. The lowest BCUT2D eigenvalue weighted by atomic mass is 10.1. The summed E-state index contributed by atoms with van der Waals surface area (Å²) in [6, 6.07) is 2.28. The largest absolute Gasteiger partial charge is 0.360 e. The van der Waals surface area contributed by atoms with Gasteiger partial charge in [-0.05, 0) is 37.8 Å². The summed E-state index contributed by atoms with van der Waals surface area (Å²) in [4.78, 5) is 7.41. The normalized spacial score (nSPS) is 19.4. The Labute approximate surface area is 118 Å². The molecule has 0 amide bonds. The maximum Gasteiger partial charge on any atom is 0.157 e. The van der Waals surface area contributed by atoms with Gasteiger partial charge < -0.3 is 5.32 Å². The van der Waals surface area contributed by atoms with Crippen LogP contribution < -0.4 is 5.32 Å². The van der Waals surface area contributed by atoms with Gasteiger partial charge >= 0.3 is 0 Å². The smallest absolute Gasteiger partial charge is 0.157 e. The van der Waals surface area contributed by atoms with Crippen molar-refractivity contribution in [3.05, 3.63) is 21.4 Å². The molecule has 0 radical (unpaired) electrons. The molecule has 2 rings (SSSR count). The second kappa shape index (κ2) is 6.11. The van der Waals surface area contributed by atoms with Crippen LogP contribution in [0.5, 0.6) is 0 Å². The highest BCUT2D eigenvalue weighted by Gasteiger charge is 2.20. The van der Waals surface area contributed by atoms with Gasteiger partial charge in [-0.3, -0.25) is 4.99 Å². The van der Waals surface area contributed by atoms with Gasteiger partial charge in [-0.1, -0.05) is 25.6 Å². The Hall–Kier alpha value is -0.480. The Kier molecular flexibility index (Phi) is 4.73. The minimum absolute atomic E-state index is 0.680. The number of aliphatic imine (C=N–C) groups is 1. The van der Waals surface area contributed by atoms with Crippen molar-refractivity contribution in [2.75, 3.05) is 6.54 Å². The molecule has 0 saturated heterocycles. The van der Waals surface area contributed by atoms with Crippen molar-refractivity contribution in [3.8, 4) is 0 Å². The van der Waals surface area contributed by atoms with E-state index >= 15 is 0 Å². The summed E-state index contributed by atoms with van der Waals surface area (Å²) in [5, 5.41) is 5.27. The zero-order chi connectivity index (χ0) is 13.1. The molecular weight excluding hydrogens is 260 g/mol. The van der Waals surface area contributed by atoms with Crippen molar-refractivity contribution in [3.63, 3.8) is 0 Å². The molecule has 1 unspecified atom stereocenters. The molecule has 1 N–H and O–H groups in total. The molecule has 0 spiro atoms. The predicted molar refractivity (Wildman–Crippen MR) is 83.8 cm³/mol. The van der Waals surface area contributed by atoms with E-state index in [4.69, 9.17) is 0 Å². The fraction of sp³-hybridized carbons (Fsp3) is 0.643. The van der Waals surface area contributed by atoms with Crippen LogP contribution in [0.15, 0.2) is 11.1 Å². The number of rotatable bonds is 4. The van der Waals surface area contributed by atoms with Crippen molar-refractivity contribution in [1.29, 1.82) is 0 Å². The second-order valence-corrected chi connectivity index (χ2v) is 7.95. The fourth-order valence-electron chi connectivity index (χ4n) is 2.06. The molecule has 2 heterocycles. The summed E-state index contributed by atoms with van der Waals surface area (Å²) in [6.45, 7) is 10.8. The van der Waals surface area contributed by atoms with E-state index in [1.165, 1.54) is 21.7 Å². The quantitative estimate of drug-likeness (QED) is 0.903. The lowest BCUT2D eigenvalue weighted by Crippen LogP contribution is -2.18. The highest BCUT2D eigenvalue weighted by atomic mass is 32.2. The Bertz CT molecular complexity index is 416. The highest BCUT2D eigenvalue weighted by Crippen LogP contribution is 2.26.